The van der Waals surface area contributed by atoms with Gasteiger partial charge in [0.15, 0.2) is 0 Å². The van der Waals surface area contributed by atoms with Crippen molar-refractivity contribution in [2.24, 2.45) is 0 Å². The smallest absolute Gasteiger partial charge is 0.249 e. The molecule has 0 radical (unpaired) electrons. The minimum atomic E-state index is -0.861. The van der Waals surface area contributed by atoms with Crippen molar-refractivity contribution in [2.45, 2.75) is 63.5 Å². The average molecular weight is 275 g/mol. The molecular weight excluding hydrogens is 250 g/mol. The fourth-order valence-corrected chi connectivity index (χ4v) is 2.82. The molecule has 1 atom stereocenters. The van der Waals surface area contributed by atoms with Gasteiger partial charge in [-0.2, -0.15) is 0 Å². The van der Waals surface area contributed by atoms with Crippen LogP contribution in [0.5, 0.6) is 0 Å². The van der Waals surface area contributed by atoms with E-state index in [0.717, 1.165) is 25.7 Å². The maximum Gasteiger partial charge on any atom is 0.249 e. The number of carbonyl (C=O) groups is 1. The van der Waals surface area contributed by atoms with Crippen molar-refractivity contribution in [1.82, 2.24) is 5.32 Å². The van der Waals surface area contributed by atoms with Crippen molar-refractivity contribution in [3.63, 3.8) is 0 Å². The Morgan fingerprint density at radius 1 is 1.20 bits per heavy atom. The third kappa shape index (κ3) is 4.97. The predicted octanol–water partition coefficient (Wildman–Crippen LogP) is 2.82. The van der Waals surface area contributed by atoms with Crippen molar-refractivity contribution in [2.75, 3.05) is 0 Å². The number of aryl methyl sites for hydroxylation is 1. The first kappa shape index (κ1) is 15.0. The van der Waals surface area contributed by atoms with E-state index in [1.807, 2.05) is 18.2 Å². The second kappa shape index (κ2) is 8.05. The van der Waals surface area contributed by atoms with Crippen LogP contribution < -0.4 is 5.32 Å². The monoisotopic (exact) mass is 275 g/mol. The fourth-order valence-electron chi connectivity index (χ4n) is 2.82. The number of amides is 1. The summed E-state index contributed by atoms with van der Waals surface area (Å²) >= 11 is 0. The molecule has 1 aliphatic rings. The normalized spacial score (nSPS) is 17.6. The Morgan fingerprint density at radius 2 is 1.90 bits per heavy atom. The predicted molar refractivity (Wildman–Crippen MR) is 80.4 cm³/mol. The molecule has 0 bridgehead atoms. The summed E-state index contributed by atoms with van der Waals surface area (Å²) in [7, 11) is 0. The second-order valence-corrected chi connectivity index (χ2v) is 5.74. The molecule has 0 aromatic heterocycles. The third-order valence-corrected chi connectivity index (χ3v) is 4.04. The molecule has 1 amide bonds. The zero-order valence-corrected chi connectivity index (χ0v) is 12.1. The Balaban J connectivity index is 1.65. The van der Waals surface area contributed by atoms with Gasteiger partial charge in [0.1, 0.15) is 6.10 Å². The molecule has 3 heteroatoms. The van der Waals surface area contributed by atoms with Gasteiger partial charge in [-0.25, -0.2) is 0 Å². The molecule has 0 heterocycles. The quantitative estimate of drug-likeness (QED) is 0.838. The Kier molecular flexibility index (Phi) is 6.06. The van der Waals surface area contributed by atoms with Crippen LogP contribution in [0.25, 0.3) is 0 Å². The number of hydrogen-bond acceptors (Lipinski definition) is 2. The molecule has 1 fully saturated rings. The van der Waals surface area contributed by atoms with Crippen LogP contribution in [0.4, 0.5) is 0 Å². The van der Waals surface area contributed by atoms with Crippen molar-refractivity contribution >= 4 is 5.91 Å². The van der Waals surface area contributed by atoms with Gasteiger partial charge in [-0.3, -0.25) is 4.79 Å². The lowest BCUT2D eigenvalue weighted by Gasteiger charge is -2.24. The molecule has 1 aliphatic carbocycles. The van der Waals surface area contributed by atoms with Crippen LogP contribution in [0.2, 0.25) is 0 Å². The Morgan fingerprint density at radius 3 is 2.60 bits per heavy atom. The van der Waals surface area contributed by atoms with Gasteiger partial charge in [-0.05, 0) is 37.7 Å². The van der Waals surface area contributed by atoms with Gasteiger partial charge in [-0.15, -0.1) is 0 Å². The van der Waals surface area contributed by atoms with Crippen molar-refractivity contribution in [3.05, 3.63) is 35.9 Å². The maximum absolute atomic E-state index is 11.9. The average Bonchev–Trinajstić information content (AvgIpc) is 2.49. The highest BCUT2D eigenvalue weighted by molar-refractivity contribution is 5.80. The van der Waals surface area contributed by atoms with E-state index >= 15 is 0 Å². The third-order valence-electron chi connectivity index (χ3n) is 4.04. The van der Waals surface area contributed by atoms with E-state index in [2.05, 4.69) is 17.4 Å². The number of hydrogen-bond donors (Lipinski definition) is 2. The molecule has 1 saturated carbocycles. The van der Waals surface area contributed by atoms with Gasteiger partial charge in [0.2, 0.25) is 5.91 Å². The van der Waals surface area contributed by atoms with Gasteiger partial charge in [0.05, 0.1) is 0 Å². The molecule has 20 heavy (non-hydrogen) atoms. The van der Waals surface area contributed by atoms with Crippen molar-refractivity contribution in [3.8, 4) is 0 Å². The first-order chi connectivity index (χ1) is 9.75. The van der Waals surface area contributed by atoms with Crippen LogP contribution in [0, 0.1) is 0 Å². The van der Waals surface area contributed by atoms with Crippen LogP contribution in [0.1, 0.15) is 50.5 Å². The largest absolute Gasteiger partial charge is 0.383 e. The molecule has 110 valence electrons. The molecule has 2 N–H and O–H groups in total. The van der Waals surface area contributed by atoms with E-state index in [1.165, 1.54) is 24.8 Å². The van der Waals surface area contributed by atoms with Crippen LogP contribution in [-0.4, -0.2) is 23.2 Å². The molecule has 2 rings (SSSR count). The standard InChI is InChI=1S/C17H25NO2/c19-16(13-7-10-14-8-3-1-4-9-14)17(20)18-15-11-5-2-6-12-15/h1,3-4,8-9,15-16,19H,2,5-7,10-13H2,(H,18,20)/t16-/m1/s1. The van der Waals surface area contributed by atoms with Gasteiger partial charge in [0, 0.05) is 6.04 Å². The van der Waals surface area contributed by atoms with E-state index in [-0.39, 0.29) is 11.9 Å². The van der Waals surface area contributed by atoms with Gasteiger partial charge < -0.3 is 10.4 Å². The number of benzene rings is 1. The lowest BCUT2D eigenvalue weighted by atomic mass is 9.95. The summed E-state index contributed by atoms with van der Waals surface area (Å²) in [5, 5.41) is 12.9. The Bertz CT molecular complexity index is 399. The van der Waals surface area contributed by atoms with Gasteiger partial charge in [-0.1, -0.05) is 49.6 Å². The molecule has 3 nitrogen and oxygen atoms in total. The van der Waals surface area contributed by atoms with E-state index < -0.39 is 6.10 Å². The van der Waals surface area contributed by atoms with Crippen LogP contribution in [-0.2, 0) is 11.2 Å². The van der Waals surface area contributed by atoms with Crippen molar-refractivity contribution < 1.29 is 9.90 Å². The first-order valence-electron chi connectivity index (χ1n) is 7.78. The highest BCUT2D eigenvalue weighted by atomic mass is 16.3. The molecular formula is C17H25NO2. The van der Waals surface area contributed by atoms with Gasteiger partial charge in [0.25, 0.3) is 0 Å². The molecule has 1 aromatic rings. The minimum absolute atomic E-state index is 0.190. The summed E-state index contributed by atoms with van der Waals surface area (Å²) in [5.41, 5.74) is 1.26. The van der Waals surface area contributed by atoms with E-state index in [4.69, 9.17) is 0 Å². The highest BCUT2D eigenvalue weighted by Crippen LogP contribution is 2.17. The molecule has 0 unspecified atom stereocenters. The maximum atomic E-state index is 11.9. The van der Waals surface area contributed by atoms with Crippen LogP contribution in [0.3, 0.4) is 0 Å². The zero-order chi connectivity index (χ0) is 14.2. The number of aliphatic hydroxyl groups excluding tert-OH is 1. The minimum Gasteiger partial charge on any atom is -0.383 e. The Labute approximate surface area is 121 Å². The molecule has 0 saturated heterocycles. The number of aliphatic hydroxyl groups is 1. The molecule has 0 spiro atoms. The first-order valence-corrected chi connectivity index (χ1v) is 7.78. The summed E-state index contributed by atoms with van der Waals surface area (Å²) in [4.78, 5) is 11.9. The van der Waals surface area contributed by atoms with E-state index in [0.29, 0.717) is 6.42 Å². The van der Waals surface area contributed by atoms with E-state index in [9.17, 15) is 9.90 Å². The lowest BCUT2D eigenvalue weighted by Crippen LogP contribution is -2.42. The fraction of sp³-hybridized carbons (Fsp3) is 0.588. The summed E-state index contributed by atoms with van der Waals surface area (Å²) < 4.78 is 0. The summed E-state index contributed by atoms with van der Waals surface area (Å²) in [6.07, 6.45) is 7.19. The highest BCUT2D eigenvalue weighted by Gasteiger charge is 2.20. The summed E-state index contributed by atoms with van der Waals surface area (Å²) in [6, 6.07) is 10.5. The zero-order valence-electron chi connectivity index (χ0n) is 12.1. The summed E-state index contributed by atoms with van der Waals surface area (Å²) in [5.74, 6) is -0.190. The topological polar surface area (TPSA) is 49.3 Å². The lowest BCUT2D eigenvalue weighted by molar-refractivity contribution is -0.130. The van der Waals surface area contributed by atoms with Crippen molar-refractivity contribution in [1.29, 1.82) is 0 Å². The van der Waals surface area contributed by atoms with Gasteiger partial charge >= 0.3 is 0 Å². The summed E-state index contributed by atoms with van der Waals surface area (Å²) in [6.45, 7) is 0. The Hall–Kier alpha value is -1.35. The van der Waals surface area contributed by atoms with E-state index in [1.54, 1.807) is 0 Å². The van der Waals surface area contributed by atoms with Crippen LogP contribution in [0.15, 0.2) is 30.3 Å². The molecule has 1 aromatic carbocycles. The number of rotatable bonds is 6. The number of nitrogens with one attached hydrogen (secondary N) is 1. The SMILES string of the molecule is O=C(NC1CCCCC1)[C@H](O)CCCc1ccccc1. The number of carbonyl (C=O) groups excluding carboxylic acids is 1. The molecule has 0 aliphatic heterocycles. The van der Waals surface area contributed by atoms with Crippen LogP contribution >= 0.6 is 0 Å². The second-order valence-electron chi connectivity index (χ2n) is 5.74.